The van der Waals surface area contributed by atoms with Crippen LogP contribution in [0.15, 0.2) is 66.7 Å². The molecule has 0 saturated heterocycles. The molecule has 0 bridgehead atoms. The zero-order chi connectivity index (χ0) is 21.7. The Morgan fingerprint density at radius 3 is 1.70 bits per heavy atom. The summed E-state index contributed by atoms with van der Waals surface area (Å²) in [6.07, 6.45) is 0. The standard InChI is InChI=1S/C23H24N4O3/c1-15-19(29-17-10-6-4-7-11-17)14-20(30-18-12-8-5-9-13-18)16(2)21(15)27(22(24)25)23(28)26-3/h4-14H,1-3H3,(H3,24,25)(H,26,28). The van der Waals surface area contributed by atoms with Gasteiger partial charge in [0.05, 0.1) is 5.69 Å². The van der Waals surface area contributed by atoms with Crippen LogP contribution in [0.5, 0.6) is 23.0 Å². The third-order valence-corrected chi connectivity index (χ3v) is 4.54. The van der Waals surface area contributed by atoms with Crippen molar-refractivity contribution in [1.82, 2.24) is 5.32 Å². The molecule has 0 radical (unpaired) electrons. The van der Waals surface area contributed by atoms with Crippen molar-refractivity contribution < 1.29 is 14.3 Å². The topological polar surface area (TPSA) is 101 Å². The number of nitrogens with zero attached hydrogens (tertiary/aromatic N) is 1. The van der Waals surface area contributed by atoms with Gasteiger partial charge in [-0.3, -0.25) is 5.41 Å². The van der Waals surface area contributed by atoms with E-state index in [1.807, 2.05) is 74.5 Å². The zero-order valence-corrected chi connectivity index (χ0v) is 17.1. The van der Waals surface area contributed by atoms with Gasteiger partial charge >= 0.3 is 6.03 Å². The molecule has 0 fully saturated rings. The molecule has 0 aliphatic heterocycles. The predicted octanol–water partition coefficient (Wildman–Crippen LogP) is 4.93. The van der Waals surface area contributed by atoms with Gasteiger partial charge in [-0.05, 0) is 38.1 Å². The lowest BCUT2D eigenvalue weighted by molar-refractivity contribution is 0.251. The van der Waals surface area contributed by atoms with Gasteiger partial charge in [-0.15, -0.1) is 0 Å². The van der Waals surface area contributed by atoms with E-state index in [-0.39, 0.29) is 0 Å². The van der Waals surface area contributed by atoms with Crippen LogP contribution < -0.4 is 25.4 Å². The van der Waals surface area contributed by atoms with E-state index in [9.17, 15) is 4.79 Å². The van der Waals surface area contributed by atoms with Crippen LogP contribution in [0.25, 0.3) is 0 Å². The zero-order valence-electron chi connectivity index (χ0n) is 17.1. The van der Waals surface area contributed by atoms with Crippen LogP contribution in [0, 0.1) is 19.3 Å². The minimum Gasteiger partial charge on any atom is -0.457 e. The van der Waals surface area contributed by atoms with Crippen molar-refractivity contribution in [3.8, 4) is 23.0 Å². The lowest BCUT2D eigenvalue weighted by Gasteiger charge is -2.26. The largest absolute Gasteiger partial charge is 0.457 e. The lowest BCUT2D eigenvalue weighted by Crippen LogP contribution is -2.46. The molecule has 7 heteroatoms. The number of hydrogen-bond donors (Lipinski definition) is 3. The van der Waals surface area contributed by atoms with Crippen molar-refractivity contribution in [3.05, 3.63) is 77.9 Å². The fourth-order valence-corrected chi connectivity index (χ4v) is 3.07. The molecular formula is C23H24N4O3. The average molecular weight is 404 g/mol. The highest BCUT2D eigenvalue weighted by molar-refractivity contribution is 6.15. The van der Waals surface area contributed by atoms with Crippen LogP contribution in [0.4, 0.5) is 10.5 Å². The molecule has 0 spiro atoms. The van der Waals surface area contributed by atoms with Crippen LogP contribution in [-0.2, 0) is 0 Å². The maximum Gasteiger partial charge on any atom is 0.328 e. The first-order valence-corrected chi connectivity index (χ1v) is 9.38. The van der Waals surface area contributed by atoms with Gasteiger partial charge in [0.2, 0.25) is 5.96 Å². The molecule has 4 N–H and O–H groups in total. The molecule has 0 heterocycles. The summed E-state index contributed by atoms with van der Waals surface area (Å²) in [6.45, 7) is 3.62. The van der Waals surface area contributed by atoms with Crippen molar-refractivity contribution in [1.29, 1.82) is 5.41 Å². The molecule has 0 aliphatic rings. The Balaban J connectivity index is 2.18. The Hall–Kier alpha value is -4.00. The molecule has 0 atom stereocenters. The van der Waals surface area contributed by atoms with Gasteiger partial charge in [-0.2, -0.15) is 0 Å². The van der Waals surface area contributed by atoms with E-state index in [0.717, 1.165) is 4.90 Å². The number of benzene rings is 3. The number of carbonyl (C=O) groups excluding carboxylic acids is 1. The maximum atomic E-state index is 12.5. The first-order chi connectivity index (χ1) is 14.4. The molecule has 2 amide bonds. The van der Waals surface area contributed by atoms with E-state index in [4.69, 9.17) is 20.6 Å². The van der Waals surface area contributed by atoms with Gasteiger partial charge in [-0.1, -0.05) is 36.4 Å². The summed E-state index contributed by atoms with van der Waals surface area (Å²) in [5.41, 5.74) is 7.48. The molecule has 7 nitrogen and oxygen atoms in total. The number of nitrogens with one attached hydrogen (secondary N) is 2. The molecule has 154 valence electrons. The van der Waals surface area contributed by atoms with Gasteiger partial charge in [0.15, 0.2) is 0 Å². The second-order valence-corrected chi connectivity index (χ2v) is 6.58. The average Bonchev–Trinajstić information content (AvgIpc) is 2.75. The molecule has 3 aromatic carbocycles. The van der Waals surface area contributed by atoms with Crippen molar-refractivity contribution in [3.63, 3.8) is 0 Å². The summed E-state index contributed by atoms with van der Waals surface area (Å²) >= 11 is 0. The first kappa shape index (κ1) is 20.7. The van der Waals surface area contributed by atoms with Crippen LogP contribution >= 0.6 is 0 Å². The Labute approximate surface area is 175 Å². The lowest BCUT2D eigenvalue weighted by atomic mass is 10.0. The van der Waals surface area contributed by atoms with E-state index in [1.165, 1.54) is 7.05 Å². The highest BCUT2D eigenvalue weighted by Gasteiger charge is 2.26. The number of rotatable bonds is 5. The normalized spacial score (nSPS) is 10.2. The minimum atomic E-state index is -0.531. The Bertz CT molecular complexity index is 987. The SMILES string of the molecule is CNC(=O)N(C(=N)N)c1c(C)c(Oc2ccccc2)cc(Oc2ccccc2)c1C. The maximum absolute atomic E-state index is 12.5. The quantitative estimate of drug-likeness (QED) is 0.415. The van der Waals surface area contributed by atoms with E-state index >= 15 is 0 Å². The monoisotopic (exact) mass is 404 g/mol. The number of ether oxygens (including phenoxy) is 2. The molecule has 30 heavy (non-hydrogen) atoms. The number of carbonyl (C=O) groups is 1. The van der Waals surface area contributed by atoms with Crippen molar-refractivity contribution in [2.75, 3.05) is 11.9 Å². The molecule has 0 aromatic heterocycles. The van der Waals surface area contributed by atoms with Crippen LogP contribution in [0.1, 0.15) is 11.1 Å². The summed E-state index contributed by atoms with van der Waals surface area (Å²) in [5, 5.41) is 10.5. The van der Waals surface area contributed by atoms with Gasteiger partial charge in [0.25, 0.3) is 0 Å². The molecule has 3 aromatic rings. The predicted molar refractivity (Wildman–Crippen MR) is 118 cm³/mol. The summed E-state index contributed by atoms with van der Waals surface area (Å²) in [5.74, 6) is 1.83. The number of nitrogens with two attached hydrogens (primary N) is 1. The van der Waals surface area contributed by atoms with Crippen LogP contribution in [0.3, 0.4) is 0 Å². The molecule has 0 unspecified atom stereocenters. The number of guanidine groups is 1. The van der Waals surface area contributed by atoms with Gasteiger partial charge in [-0.25, -0.2) is 9.69 Å². The van der Waals surface area contributed by atoms with Crippen LogP contribution in [-0.4, -0.2) is 19.0 Å². The Morgan fingerprint density at radius 1 is 0.900 bits per heavy atom. The second kappa shape index (κ2) is 9.00. The van der Waals surface area contributed by atoms with Crippen molar-refractivity contribution in [2.45, 2.75) is 13.8 Å². The number of hydrogen-bond acceptors (Lipinski definition) is 4. The summed E-state index contributed by atoms with van der Waals surface area (Å²) in [7, 11) is 1.48. The minimum absolute atomic E-state index is 0.414. The fourth-order valence-electron chi connectivity index (χ4n) is 3.07. The molecular weight excluding hydrogens is 380 g/mol. The Kier molecular flexibility index (Phi) is 6.22. The van der Waals surface area contributed by atoms with Gasteiger partial charge in [0.1, 0.15) is 23.0 Å². The fraction of sp³-hybridized carbons (Fsp3) is 0.130. The third kappa shape index (κ3) is 4.35. The second-order valence-electron chi connectivity index (χ2n) is 6.58. The number of urea groups is 1. The van der Waals surface area contributed by atoms with Crippen LogP contribution in [0.2, 0.25) is 0 Å². The molecule has 0 saturated carbocycles. The van der Waals surface area contributed by atoms with Gasteiger partial charge < -0.3 is 20.5 Å². The van der Waals surface area contributed by atoms with E-state index in [2.05, 4.69) is 5.32 Å². The molecule has 3 rings (SSSR count). The number of para-hydroxylation sites is 2. The van der Waals surface area contributed by atoms with E-state index in [1.54, 1.807) is 6.07 Å². The number of amides is 2. The highest BCUT2D eigenvalue weighted by atomic mass is 16.5. The smallest absolute Gasteiger partial charge is 0.328 e. The molecule has 0 aliphatic carbocycles. The van der Waals surface area contributed by atoms with E-state index in [0.29, 0.717) is 39.8 Å². The van der Waals surface area contributed by atoms with Crippen molar-refractivity contribution in [2.24, 2.45) is 5.73 Å². The highest BCUT2D eigenvalue weighted by Crippen LogP contribution is 2.42. The Morgan fingerprint density at radius 2 is 1.33 bits per heavy atom. The van der Waals surface area contributed by atoms with Crippen molar-refractivity contribution >= 4 is 17.7 Å². The first-order valence-electron chi connectivity index (χ1n) is 9.38. The number of anilines is 1. The summed E-state index contributed by atoms with van der Waals surface area (Å²) in [6, 6.07) is 19.8. The van der Waals surface area contributed by atoms with E-state index < -0.39 is 12.0 Å². The van der Waals surface area contributed by atoms with Gasteiger partial charge in [0, 0.05) is 24.2 Å². The summed E-state index contributed by atoms with van der Waals surface area (Å²) in [4.78, 5) is 13.6. The summed E-state index contributed by atoms with van der Waals surface area (Å²) < 4.78 is 12.2. The third-order valence-electron chi connectivity index (χ3n) is 4.54.